The number of rotatable bonds is 0. The Morgan fingerprint density at radius 2 is 2.13 bits per heavy atom. The van der Waals surface area contributed by atoms with E-state index in [4.69, 9.17) is 9.26 Å². The number of piperidine rings is 1. The summed E-state index contributed by atoms with van der Waals surface area (Å²) < 4.78 is 26.5. The molecule has 4 heterocycles. The van der Waals surface area contributed by atoms with Crippen LogP contribution in [-0.4, -0.2) is 47.5 Å². The number of carbonyl (C=O) groups excluding carboxylic acids is 3. The number of morpholine rings is 1. The van der Waals surface area contributed by atoms with E-state index in [1.807, 2.05) is 13.0 Å². The highest BCUT2D eigenvalue weighted by Gasteiger charge is 2.62. The zero-order valence-corrected chi connectivity index (χ0v) is 16.2. The molecule has 2 saturated heterocycles. The van der Waals surface area contributed by atoms with E-state index in [2.05, 4.69) is 10.5 Å². The summed E-state index contributed by atoms with van der Waals surface area (Å²) in [6, 6.07) is 2.60. The largest absolute Gasteiger partial charge is 0.372 e. The molecule has 2 aromatic rings. The second-order valence-corrected chi connectivity index (χ2v) is 8.09. The van der Waals surface area contributed by atoms with Gasteiger partial charge in [0, 0.05) is 6.54 Å². The Kier molecular flexibility index (Phi) is 3.79. The van der Waals surface area contributed by atoms with Crippen LogP contribution >= 0.6 is 0 Å². The van der Waals surface area contributed by atoms with Gasteiger partial charge in [-0.25, -0.2) is 4.39 Å². The van der Waals surface area contributed by atoms with Crippen LogP contribution in [-0.2, 0) is 25.5 Å². The number of aromatic nitrogens is 1. The van der Waals surface area contributed by atoms with Gasteiger partial charge in [0.1, 0.15) is 11.5 Å². The number of hydrogen-bond donors (Lipinski definition) is 1. The fourth-order valence-electron chi connectivity index (χ4n) is 5.23. The number of amides is 2. The Morgan fingerprint density at radius 1 is 1.37 bits per heavy atom. The molecule has 0 radical (unpaired) electrons. The maximum Gasteiger partial charge on any atom is 0.242 e. The summed E-state index contributed by atoms with van der Waals surface area (Å²) in [4.78, 5) is 39.7. The van der Waals surface area contributed by atoms with Crippen molar-refractivity contribution in [1.82, 2.24) is 10.5 Å². The molecule has 1 aromatic heterocycles. The lowest BCUT2D eigenvalue weighted by atomic mass is 9.63. The highest BCUT2D eigenvalue weighted by molar-refractivity contribution is 6.22. The smallest absolute Gasteiger partial charge is 0.242 e. The third kappa shape index (κ3) is 2.24. The predicted octanol–water partition coefficient (Wildman–Crippen LogP) is 0.979. The summed E-state index contributed by atoms with van der Waals surface area (Å²) in [6.45, 7) is 3.79. The Morgan fingerprint density at radius 3 is 2.83 bits per heavy atom. The lowest BCUT2D eigenvalue weighted by Crippen LogP contribution is -2.72. The highest BCUT2D eigenvalue weighted by atomic mass is 19.1. The van der Waals surface area contributed by atoms with Gasteiger partial charge in [-0.05, 0) is 31.9 Å². The van der Waals surface area contributed by atoms with E-state index in [1.165, 1.54) is 0 Å². The fraction of sp³-hybridized carbons (Fsp3) is 0.450. The van der Waals surface area contributed by atoms with Crippen LogP contribution in [0.25, 0.3) is 11.0 Å². The van der Waals surface area contributed by atoms with Crippen LogP contribution in [0.5, 0.6) is 0 Å². The lowest BCUT2D eigenvalue weighted by molar-refractivity contribution is -0.158. The van der Waals surface area contributed by atoms with Gasteiger partial charge >= 0.3 is 0 Å². The van der Waals surface area contributed by atoms with Crippen LogP contribution < -0.4 is 10.2 Å². The molecule has 2 amide bonds. The number of Topliss-reactive ketones (excluding diaryl/α,β-unsaturated/α-hetero) is 1. The minimum Gasteiger partial charge on any atom is -0.372 e. The number of anilines is 1. The molecule has 3 aliphatic rings. The predicted molar refractivity (Wildman–Crippen MR) is 98.7 cm³/mol. The van der Waals surface area contributed by atoms with E-state index < -0.39 is 47.4 Å². The summed E-state index contributed by atoms with van der Waals surface area (Å²) in [5.74, 6) is -2.58. The molecule has 3 aliphatic heterocycles. The van der Waals surface area contributed by atoms with Crippen LogP contribution in [0, 0.1) is 22.6 Å². The van der Waals surface area contributed by atoms with E-state index in [0.717, 1.165) is 0 Å². The maximum absolute atomic E-state index is 15.6. The van der Waals surface area contributed by atoms with Crippen LogP contribution in [0.2, 0.25) is 0 Å². The molecule has 1 aromatic carbocycles. The monoisotopic (exact) mass is 412 g/mol. The molecule has 0 aliphatic carbocycles. The number of imide groups is 1. The molecule has 2 fully saturated rings. The molecular weight excluding hydrogens is 395 g/mol. The Balaban J connectivity index is 1.80. The first-order valence-corrected chi connectivity index (χ1v) is 9.58. The van der Waals surface area contributed by atoms with Crippen molar-refractivity contribution in [2.75, 3.05) is 11.4 Å². The van der Waals surface area contributed by atoms with Crippen LogP contribution in [0.1, 0.15) is 31.5 Å². The number of hydrogen-bond acceptors (Lipinski definition) is 8. The molecule has 10 heteroatoms. The van der Waals surface area contributed by atoms with Gasteiger partial charge in [0.2, 0.25) is 17.4 Å². The Labute approximate surface area is 169 Å². The quantitative estimate of drug-likeness (QED) is 0.501. The van der Waals surface area contributed by atoms with E-state index in [0.29, 0.717) is 5.56 Å². The van der Waals surface area contributed by atoms with Gasteiger partial charge in [-0.15, -0.1) is 0 Å². The fourth-order valence-corrected chi connectivity index (χ4v) is 5.23. The topological polar surface area (TPSA) is 126 Å². The number of ether oxygens (including phenoxy) is 1. The average molecular weight is 412 g/mol. The van der Waals surface area contributed by atoms with Gasteiger partial charge < -0.3 is 14.2 Å². The van der Waals surface area contributed by atoms with Gasteiger partial charge in [-0.2, -0.15) is 5.26 Å². The number of nitrogens with zero attached hydrogens (tertiary/aromatic N) is 3. The number of ketones is 1. The van der Waals surface area contributed by atoms with Crippen molar-refractivity contribution in [3.8, 4) is 6.07 Å². The van der Waals surface area contributed by atoms with Crippen molar-refractivity contribution in [3.63, 3.8) is 0 Å². The number of halogens is 1. The third-order valence-corrected chi connectivity index (χ3v) is 6.28. The normalized spacial score (nSPS) is 30.8. The van der Waals surface area contributed by atoms with Crippen molar-refractivity contribution in [2.24, 2.45) is 5.41 Å². The molecule has 1 unspecified atom stereocenters. The first kappa shape index (κ1) is 18.7. The second-order valence-electron chi connectivity index (χ2n) is 8.09. The number of benzene rings is 1. The van der Waals surface area contributed by atoms with Crippen molar-refractivity contribution in [2.45, 2.75) is 44.9 Å². The average Bonchev–Trinajstić information content (AvgIpc) is 3.08. The maximum atomic E-state index is 15.6. The summed E-state index contributed by atoms with van der Waals surface area (Å²) in [6.07, 6.45) is -1.42. The Hall–Kier alpha value is -3.32. The SMILES string of the molecule is C[C@@H]1CN2c3c(cc4c(C#N)noc4c3F)CC3(C(=O)CC(=O)NC3=O)[C@H]2[C@H](C)O1. The van der Waals surface area contributed by atoms with Crippen molar-refractivity contribution in [1.29, 1.82) is 5.26 Å². The summed E-state index contributed by atoms with van der Waals surface area (Å²) in [5.41, 5.74) is -1.25. The summed E-state index contributed by atoms with van der Waals surface area (Å²) in [5, 5.41) is 15.3. The van der Waals surface area contributed by atoms with Crippen LogP contribution in [0.4, 0.5) is 10.1 Å². The first-order valence-electron chi connectivity index (χ1n) is 9.58. The van der Waals surface area contributed by atoms with Crippen molar-refractivity contribution in [3.05, 3.63) is 23.1 Å². The summed E-state index contributed by atoms with van der Waals surface area (Å²) in [7, 11) is 0. The van der Waals surface area contributed by atoms with E-state index >= 15 is 4.39 Å². The van der Waals surface area contributed by atoms with E-state index in [9.17, 15) is 19.6 Å². The van der Waals surface area contributed by atoms with Crippen LogP contribution in [0.15, 0.2) is 10.6 Å². The molecule has 4 atom stereocenters. The van der Waals surface area contributed by atoms with Gasteiger partial charge in [0.25, 0.3) is 0 Å². The standard InChI is InChI=1S/C20H17FN4O5/c1-8-7-25-16-10(3-11-12(6-22)24-30-17(11)15(16)21)5-20(18(25)9(2)29-8)13(26)4-14(27)23-19(20)28/h3,8-9,18H,4-5,7H2,1-2H3,(H,23,27,28)/t8-,9+,18-,20?/m1/s1. The molecular formula is C20H17FN4O5. The zero-order chi connectivity index (χ0) is 21.4. The molecule has 0 bridgehead atoms. The minimum absolute atomic E-state index is 0.0822. The number of nitriles is 1. The molecule has 1 N–H and O–H groups in total. The van der Waals surface area contributed by atoms with E-state index in [1.54, 1.807) is 17.9 Å². The highest BCUT2D eigenvalue weighted by Crippen LogP contribution is 2.49. The molecule has 5 rings (SSSR count). The van der Waals surface area contributed by atoms with Crippen molar-refractivity contribution >= 4 is 34.3 Å². The summed E-state index contributed by atoms with van der Waals surface area (Å²) >= 11 is 0. The molecule has 0 saturated carbocycles. The van der Waals surface area contributed by atoms with Gasteiger partial charge in [-0.1, -0.05) is 5.16 Å². The number of fused-ring (bicyclic) bond motifs is 5. The minimum atomic E-state index is -1.61. The lowest BCUT2D eigenvalue weighted by Gasteiger charge is -2.55. The first-order chi connectivity index (χ1) is 14.3. The molecule has 9 nitrogen and oxygen atoms in total. The van der Waals surface area contributed by atoms with Gasteiger partial charge in [0.15, 0.2) is 17.3 Å². The zero-order valence-electron chi connectivity index (χ0n) is 16.2. The van der Waals surface area contributed by atoms with Crippen molar-refractivity contribution < 1.29 is 28.0 Å². The van der Waals surface area contributed by atoms with Crippen LogP contribution in [0.3, 0.4) is 0 Å². The van der Waals surface area contributed by atoms with Gasteiger partial charge in [-0.3, -0.25) is 19.7 Å². The van der Waals surface area contributed by atoms with E-state index in [-0.39, 0.29) is 41.4 Å². The third-order valence-electron chi connectivity index (χ3n) is 6.28. The Bertz CT molecular complexity index is 1160. The molecule has 154 valence electrons. The molecule has 1 spiro atoms. The second kappa shape index (κ2) is 6.09. The molecule has 30 heavy (non-hydrogen) atoms. The number of carbonyl (C=O) groups is 3. The number of nitrogens with one attached hydrogen (secondary N) is 1. The van der Waals surface area contributed by atoms with Gasteiger partial charge in [0.05, 0.1) is 35.7 Å².